The van der Waals surface area contributed by atoms with Crippen LogP contribution in [0.3, 0.4) is 0 Å². The van der Waals surface area contributed by atoms with E-state index in [2.05, 4.69) is 5.32 Å². The molecule has 0 spiro atoms. The second kappa shape index (κ2) is 5.70. The number of halogens is 5. The van der Waals surface area contributed by atoms with Crippen LogP contribution in [-0.4, -0.2) is 36.5 Å². The van der Waals surface area contributed by atoms with Gasteiger partial charge in [-0.05, 0) is 19.3 Å². The Morgan fingerprint density at radius 2 is 1.68 bits per heavy atom. The lowest BCUT2D eigenvalue weighted by atomic mass is 10.2. The number of hydrogen-bond acceptors (Lipinski definition) is 2. The highest BCUT2D eigenvalue weighted by Gasteiger charge is 2.63. The third-order valence-electron chi connectivity index (χ3n) is 2.45. The number of alkyl halides is 5. The molecule has 2 N–H and O–H groups in total. The molecular formula is C10H13F5N2O2. The number of hydrogen-bond donors (Lipinski definition) is 2. The molecule has 0 atom stereocenters. The van der Waals surface area contributed by atoms with Crippen molar-refractivity contribution in [2.45, 2.75) is 43.8 Å². The first-order valence-corrected chi connectivity index (χ1v) is 5.67. The highest BCUT2D eigenvalue weighted by atomic mass is 19.4. The maximum absolute atomic E-state index is 12.5. The average molecular weight is 288 g/mol. The Labute approximate surface area is 105 Å². The van der Waals surface area contributed by atoms with Gasteiger partial charge < -0.3 is 10.6 Å². The number of amides is 2. The average Bonchev–Trinajstić information content (AvgIpc) is 3.06. The van der Waals surface area contributed by atoms with Gasteiger partial charge in [-0.15, -0.1) is 0 Å². The smallest absolute Gasteiger partial charge is 0.353 e. The van der Waals surface area contributed by atoms with E-state index in [1.54, 1.807) is 0 Å². The summed E-state index contributed by atoms with van der Waals surface area (Å²) in [7, 11) is 0. The predicted molar refractivity (Wildman–Crippen MR) is 54.4 cm³/mol. The van der Waals surface area contributed by atoms with Crippen LogP contribution in [0.4, 0.5) is 22.0 Å². The zero-order valence-corrected chi connectivity index (χ0v) is 9.82. The van der Waals surface area contributed by atoms with E-state index >= 15 is 0 Å². The van der Waals surface area contributed by atoms with Crippen molar-refractivity contribution in [3.05, 3.63) is 0 Å². The molecule has 0 radical (unpaired) electrons. The number of nitrogens with one attached hydrogen (secondary N) is 2. The van der Waals surface area contributed by atoms with E-state index in [0.29, 0.717) is 0 Å². The number of rotatable bonds is 6. The van der Waals surface area contributed by atoms with Crippen LogP contribution in [0.5, 0.6) is 0 Å². The van der Waals surface area contributed by atoms with Crippen LogP contribution in [0.15, 0.2) is 0 Å². The summed E-state index contributed by atoms with van der Waals surface area (Å²) in [4.78, 5) is 21.8. The summed E-state index contributed by atoms with van der Waals surface area (Å²) in [5.41, 5.74) is 0. The lowest BCUT2D eigenvalue weighted by molar-refractivity contribution is -0.269. The van der Waals surface area contributed by atoms with Gasteiger partial charge >= 0.3 is 12.1 Å². The molecule has 1 saturated carbocycles. The third-order valence-corrected chi connectivity index (χ3v) is 2.45. The Balaban J connectivity index is 2.21. The van der Waals surface area contributed by atoms with E-state index in [1.807, 2.05) is 0 Å². The number of carbonyl (C=O) groups excluding carboxylic acids is 2. The van der Waals surface area contributed by atoms with Gasteiger partial charge in [0.2, 0.25) is 5.91 Å². The molecular weight excluding hydrogens is 275 g/mol. The molecule has 0 aromatic carbocycles. The van der Waals surface area contributed by atoms with Gasteiger partial charge in [-0.2, -0.15) is 22.0 Å². The first kappa shape index (κ1) is 15.6. The molecule has 19 heavy (non-hydrogen) atoms. The Morgan fingerprint density at radius 3 is 2.16 bits per heavy atom. The molecule has 9 heteroatoms. The van der Waals surface area contributed by atoms with E-state index in [9.17, 15) is 31.5 Å². The van der Waals surface area contributed by atoms with Gasteiger partial charge in [0.1, 0.15) is 0 Å². The van der Waals surface area contributed by atoms with Crippen LogP contribution in [0.1, 0.15) is 25.7 Å². The molecule has 0 bridgehead atoms. The van der Waals surface area contributed by atoms with Crippen molar-refractivity contribution in [3.8, 4) is 0 Å². The van der Waals surface area contributed by atoms with Crippen molar-refractivity contribution in [3.63, 3.8) is 0 Å². The minimum atomic E-state index is -5.92. The van der Waals surface area contributed by atoms with Crippen LogP contribution in [0.25, 0.3) is 0 Å². The van der Waals surface area contributed by atoms with Crippen LogP contribution in [0.2, 0.25) is 0 Å². The summed E-state index contributed by atoms with van der Waals surface area (Å²) in [6.07, 6.45) is -4.17. The van der Waals surface area contributed by atoms with Crippen molar-refractivity contribution in [1.29, 1.82) is 0 Å². The van der Waals surface area contributed by atoms with Crippen molar-refractivity contribution < 1.29 is 31.5 Å². The molecule has 0 heterocycles. The molecule has 2 amide bonds. The van der Waals surface area contributed by atoms with Crippen LogP contribution < -0.4 is 10.6 Å². The normalized spacial score (nSPS) is 16.1. The molecule has 0 aliphatic heterocycles. The van der Waals surface area contributed by atoms with Crippen LogP contribution >= 0.6 is 0 Å². The van der Waals surface area contributed by atoms with Gasteiger partial charge in [0.15, 0.2) is 0 Å². The zero-order valence-electron chi connectivity index (χ0n) is 9.82. The Bertz CT molecular complexity index is 352. The fourth-order valence-corrected chi connectivity index (χ4v) is 1.22. The second-order valence-corrected chi connectivity index (χ2v) is 4.27. The standard InChI is InChI=1S/C10H13F5N2O2/c11-9(12,10(13,14)15)8(19)16-5-1-2-7(18)17-6-3-4-6/h6H,1-5H2,(H,16,19)(H,17,18). The summed E-state index contributed by atoms with van der Waals surface area (Å²) < 4.78 is 60.3. The van der Waals surface area contributed by atoms with Gasteiger partial charge in [-0.3, -0.25) is 9.59 Å². The van der Waals surface area contributed by atoms with Crippen molar-refractivity contribution >= 4 is 11.8 Å². The third kappa shape index (κ3) is 4.64. The predicted octanol–water partition coefficient (Wildman–Crippen LogP) is 1.36. The van der Waals surface area contributed by atoms with E-state index < -0.39 is 24.6 Å². The first-order chi connectivity index (χ1) is 8.64. The Kier molecular flexibility index (Phi) is 4.70. The van der Waals surface area contributed by atoms with E-state index in [-0.39, 0.29) is 24.8 Å². The van der Waals surface area contributed by atoms with Gasteiger partial charge in [0.25, 0.3) is 5.91 Å². The quantitative estimate of drug-likeness (QED) is 0.573. The topological polar surface area (TPSA) is 58.2 Å². The zero-order chi connectivity index (χ0) is 14.7. The Morgan fingerprint density at radius 1 is 1.11 bits per heavy atom. The van der Waals surface area contributed by atoms with E-state index in [4.69, 9.17) is 0 Å². The van der Waals surface area contributed by atoms with Crippen molar-refractivity contribution in [1.82, 2.24) is 10.6 Å². The summed E-state index contributed by atoms with van der Waals surface area (Å²) >= 11 is 0. The lowest BCUT2D eigenvalue weighted by Crippen LogP contribution is -2.50. The van der Waals surface area contributed by atoms with Crippen molar-refractivity contribution in [2.75, 3.05) is 6.54 Å². The Hall–Kier alpha value is -1.41. The van der Waals surface area contributed by atoms with Crippen LogP contribution in [-0.2, 0) is 9.59 Å². The van der Waals surface area contributed by atoms with Gasteiger partial charge in [-0.25, -0.2) is 0 Å². The monoisotopic (exact) mass is 288 g/mol. The SMILES string of the molecule is O=C(CCCNC(=O)C(F)(F)C(F)(F)F)NC1CC1. The summed E-state index contributed by atoms with van der Waals surface area (Å²) in [5, 5.41) is 4.08. The minimum Gasteiger partial charge on any atom is -0.353 e. The highest BCUT2D eigenvalue weighted by molar-refractivity contribution is 5.84. The van der Waals surface area contributed by atoms with E-state index in [1.165, 1.54) is 5.32 Å². The van der Waals surface area contributed by atoms with Crippen LogP contribution in [0, 0.1) is 0 Å². The highest BCUT2D eigenvalue weighted by Crippen LogP contribution is 2.35. The minimum absolute atomic E-state index is 0.00176. The maximum atomic E-state index is 12.5. The van der Waals surface area contributed by atoms with Gasteiger partial charge in [0, 0.05) is 19.0 Å². The van der Waals surface area contributed by atoms with Crippen molar-refractivity contribution in [2.24, 2.45) is 0 Å². The molecule has 1 fully saturated rings. The fraction of sp³-hybridized carbons (Fsp3) is 0.800. The molecule has 0 saturated heterocycles. The molecule has 1 rings (SSSR count). The lowest BCUT2D eigenvalue weighted by Gasteiger charge is -2.18. The number of carbonyl (C=O) groups is 2. The molecule has 0 aromatic heterocycles. The summed E-state index contributed by atoms with van der Waals surface area (Å²) in [6.45, 7) is -0.414. The molecule has 1 aliphatic carbocycles. The summed E-state index contributed by atoms with van der Waals surface area (Å²) in [5.74, 6) is -8.12. The van der Waals surface area contributed by atoms with E-state index in [0.717, 1.165) is 12.8 Å². The molecule has 0 unspecified atom stereocenters. The largest absolute Gasteiger partial charge is 0.463 e. The molecule has 1 aliphatic rings. The first-order valence-electron chi connectivity index (χ1n) is 5.67. The van der Waals surface area contributed by atoms with Gasteiger partial charge in [-0.1, -0.05) is 0 Å². The maximum Gasteiger partial charge on any atom is 0.463 e. The molecule has 110 valence electrons. The molecule has 0 aromatic rings. The molecule has 4 nitrogen and oxygen atoms in total. The fourth-order valence-electron chi connectivity index (χ4n) is 1.22. The second-order valence-electron chi connectivity index (χ2n) is 4.27. The summed E-state index contributed by atoms with van der Waals surface area (Å²) in [6, 6.07) is 0.150. The van der Waals surface area contributed by atoms with Gasteiger partial charge in [0.05, 0.1) is 0 Å².